The molecule has 1 N–H and O–H groups in total. The van der Waals surface area contributed by atoms with E-state index in [2.05, 4.69) is 31.3 Å². The van der Waals surface area contributed by atoms with E-state index in [-0.39, 0.29) is 5.54 Å². The Balaban J connectivity index is 1.99. The highest BCUT2D eigenvalue weighted by molar-refractivity contribution is 5.64. The maximum absolute atomic E-state index is 5.98. The molecule has 0 aromatic heterocycles. The molecule has 1 aliphatic heterocycles. The van der Waals surface area contributed by atoms with Gasteiger partial charge in [0, 0.05) is 0 Å². The van der Waals surface area contributed by atoms with Crippen molar-refractivity contribution in [2.45, 2.75) is 45.1 Å². The molecule has 1 aromatic rings. The van der Waals surface area contributed by atoms with Crippen LogP contribution < -0.4 is 10.1 Å². The van der Waals surface area contributed by atoms with E-state index in [9.17, 15) is 0 Å². The van der Waals surface area contributed by atoms with Gasteiger partial charge in [0.2, 0.25) is 0 Å². The monoisotopic (exact) mass is 217 g/mol. The van der Waals surface area contributed by atoms with E-state index in [1.54, 1.807) is 0 Å². The van der Waals surface area contributed by atoms with Crippen LogP contribution in [-0.4, -0.2) is 12.1 Å². The molecule has 0 radical (unpaired) electrons. The summed E-state index contributed by atoms with van der Waals surface area (Å²) in [5, 5.41) is 3.73. The van der Waals surface area contributed by atoms with Gasteiger partial charge in [-0.1, -0.05) is 18.9 Å². The molecule has 0 unspecified atom stereocenters. The number of anilines is 1. The molecule has 86 valence electrons. The molecule has 0 atom stereocenters. The normalized spacial score (nSPS) is 21.4. The molecule has 16 heavy (non-hydrogen) atoms. The first-order valence-corrected chi connectivity index (χ1v) is 6.21. The van der Waals surface area contributed by atoms with Crippen molar-refractivity contribution in [2.24, 2.45) is 0 Å². The lowest BCUT2D eigenvalue weighted by molar-refractivity contribution is 0.219. The van der Waals surface area contributed by atoms with E-state index < -0.39 is 0 Å². The maximum Gasteiger partial charge on any atom is 0.145 e. The first-order valence-electron chi connectivity index (χ1n) is 6.21. The lowest BCUT2D eigenvalue weighted by atomic mass is 9.95. The molecule has 0 saturated heterocycles. The summed E-state index contributed by atoms with van der Waals surface area (Å²) in [5.41, 5.74) is 3.98. The van der Waals surface area contributed by atoms with Crippen LogP contribution in [0.15, 0.2) is 12.1 Å². The summed E-state index contributed by atoms with van der Waals surface area (Å²) in [6, 6.07) is 4.40. The minimum Gasteiger partial charge on any atom is -0.489 e. The van der Waals surface area contributed by atoms with E-state index >= 15 is 0 Å². The zero-order valence-corrected chi connectivity index (χ0v) is 10.1. The summed E-state index contributed by atoms with van der Waals surface area (Å²) in [6.45, 7) is 5.11. The maximum atomic E-state index is 5.98. The number of fused-ring (bicyclic) bond motifs is 1. The summed E-state index contributed by atoms with van der Waals surface area (Å²) < 4.78 is 5.98. The topological polar surface area (TPSA) is 21.3 Å². The molecule has 2 nitrogen and oxygen atoms in total. The van der Waals surface area contributed by atoms with Gasteiger partial charge in [-0.2, -0.15) is 0 Å². The zero-order chi connectivity index (χ0) is 11.2. The van der Waals surface area contributed by atoms with E-state index in [4.69, 9.17) is 4.74 Å². The van der Waals surface area contributed by atoms with Crippen molar-refractivity contribution in [3.63, 3.8) is 0 Å². The van der Waals surface area contributed by atoms with Crippen molar-refractivity contribution in [3.05, 3.63) is 23.3 Å². The molecule has 1 spiro atoms. The van der Waals surface area contributed by atoms with Crippen LogP contribution in [0.1, 0.15) is 36.8 Å². The Bertz CT molecular complexity index is 419. The van der Waals surface area contributed by atoms with E-state index in [1.807, 2.05) is 0 Å². The SMILES string of the molecule is Cc1cc(C)c2c(c1)NC1(CCCC1)CO2. The number of hydrogen-bond donors (Lipinski definition) is 1. The van der Waals surface area contributed by atoms with Gasteiger partial charge in [0.15, 0.2) is 0 Å². The third-order valence-corrected chi connectivity index (χ3v) is 3.87. The Hall–Kier alpha value is -1.18. The van der Waals surface area contributed by atoms with Crippen molar-refractivity contribution in [2.75, 3.05) is 11.9 Å². The number of aryl methyl sites for hydroxylation is 2. The first kappa shape index (κ1) is 10.0. The second kappa shape index (κ2) is 3.41. The molecule has 1 aromatic carbocycles. The molecular formula is C14H19NO. The molecule has 2 heteroatoms. The highest BCUT2D eigenvalue weighted by Gasteiger charge is 2.38. The van der Waals surface area contributed by atoms with E-state index in [1.165, 1.54) is 42.5 Å². The molecule has 1 fully saturated rings. The Morgan fingerprint density at radius 2 is 1.94 bits per heavy atom. The Morgan fingerprint density at radius 3 is 2.69 bits per heavy atom. The fourth-order valence-corrected chi connectivity index (χ4v) is 3.09. The molecule has 2 aliphatic rings. The van der Waals surface area contributed by atoms with Crippen molar-refractivity contribution in [1.82, 2.24) is 0 Å². The molecule has 1 aliphatic carbocycles. The fraction of sp³-hybridized carbons (Fsp3) is 0.571. The van der Waals surface area contributed by atoms with Crippen LogP contribution in [0.2, 0.25) is 0 Å². The van der Waals surface area contributed by atoms with Gasteiger partial charge in [0.1, 0.15) is 12.4 Å². The lowest BCUT2D eigenvalue weighted by Crippen LogP contribution is -2.44. The standard InChI is InChI=1S/C14H19NO/c1-10-7-11(2)13-12(8-10)15-14(9-16-13)5-3-4-6-14/h7-8,15H,3-6,9H2,1-2H3. The molecule has 3 rings (SSSR count). The van der Waals surface area contributed by atoms with E-state index in [0.717, 1.165) is 12.4 Å². The Labute approximate surface area is 97.0 Å². The largest absolute Gasteiger partial charge is 0.489 e. The van der Waals surface area contributed by atoms with Gasteiger partial charge in [0.05, 0.1) is 11.2 Å². The van der Waals surface area contributed by atoms with Crippen molar-refractivity contribution < 1.29 is 4.74 Å². The van der Waals surface area contributed by atoms with Gasteiger partial charge in [-0.15, -0.1) is 0 Å². The Morgan fingerprint density at radius 1 is 1.19 bits per heavy atom. The molecular weight excluding hydrogens is 198 g/mol. The van der Waals surface area contributed by atoms with Crippen LogP contribution in [0.5, 0.6) is 5.75 Å². The van der Waals surface area contributed by atoms with Crippen molar-refractivity contribution in [1.29, 1.82) is 0 Å². The van der Waals surface area contributed by atoms with Gasteiger partial charge in [-0.25, -0.2) is 0 Å². The summed E-state index contributed by atoms with van der Waals surface area (Å²) in [5.74, 6) is 1.06. The van der Waals surface area contributed by atoms with Gasteiger partial charge in [0.25, 0.3) is 0 Å². The first-order chi connectivity index (χ1) is 7.69. The number of hydrogen-bond acceptors (Lipinski definition) is 2. The number of rotatable bonds is 0. The highest BCUT2D eigenvalue weighted by Crippen LogP contribution is 2.42. The fourth-order valence-electron chi connectivity index (χ4n) is 3.09. The summed E-state index contributed by atoms with van der Waals surface area (Å²) in [6.07, 6.45) is 5.16. The zero-order valence-electron chi connectivity index (χ0n) is 10.1. The van der Waals surface area contributed by atoms with Crippen LogP contribution in [-0.2, 0) is 0 Å². The predicted octanol–water partition coefficient (Wildman–Crippen LogP) is 3.42. The number of benzene rings is 1. The highest BCUT2D eigenvalue weighted by atomic mass is 16.5. The second-order valence-electron chi connectivity index (χ2n) is 5.36. The van der Waals surface area contributed by atoms with E-state index in [0.29, 0.717) is 0 Å². The third-order valence-electron chi connectivity index (χ3n) is 3.87. The summed E-state index contributed by atoms with van der Waals surface area (Å²) in [7, 11) is 0. The smallest absolute Gasteiger partial charge is 0.145 e. The number of nitrogens with one attached hydrogen (secondary N) is 1. The quantitative estimate of drug-likeness (QED) is 0.719. The number of ether oxygens (including phenoxy) is 1. The molecule has 1 saturated carbocycles. The van der Waals surface area contributed by atoms with Crippen LogP contribution in [0.4, 0.5) is 5.69 Å². The van der Waals surface area contributed by atoms with Crippen LogP contribution >= 0.6 is 0 Å². The van der Waals surface area contributed by atoms with Gasteiger partial charge in [-0.3, -0.25) is 0 Å². The lowest BCUT2D eigenvalue weighted by Gasteiger charge is -2.37. The second-order valence-corrected chi connectivity index (χ2v) is 5.36. The third kappa shape index (κ3) is 1.48. The van der Waals surface area contributed by atoms with Crippen LogP contribution in [0, 0.1) is 13.8 Å². The average molecular weight is 217 g/mol. The van der Waals surface area contributed by atoms with Gasteiger partial charge < -0.3 is 10.1 Å². The minimum atomic E-state index is 0.229. The van der Waals surface area contributed by atoms with Gasteiger partial charge >= 0.3 is 0 Å². The molecule has 0 bridgehead atoms. The van der Waals surface area contributed by atoms with Crippen molar-refractivity contribution in [3.8, 4) is 5.75 Å². The average Bonchev–Trinajstić information content (AvgIpc) is 2.65. The molecule has 0 amide bonds. The van der Waals surface area contributed by atoms with Gasteiger partial charge in [-0.05, 0) is 43.9 Å². The molecule has 1 heterocycles. The summed E-state index contributed by atoms with van der Waals surface area (Å²) >= 11 is 0. The van der Waals surface area contributed by atoms with Crippen LogP contribution in [0.3, 0.4) is 0 Å². The van der Waals surface area contributed by atoms with Crippen molar-refractivity contribution >= 4 is 5.69 Å². The summed E-state index contributed by atoms with van der Waals surface area (Å²) in [4.78, 5) is 0. The van der Waals surface area contributed by atoms with Crippen LogP contribution in [0.25, 0.3) is 0 Å². The minimum absolute atomic E-state index is 0.229. The Kier molecular flexibility index (Phi) is 2.13. The predicted molar refractivity (Wildman–Crippen MR) is 66.2 cm³/mol.